The van der Waals surface area contributed by atoms with Gasteiger partial charge >= 0.3 is 6.03 Å². The van der Waals surface area contributed by atoms with Gasteiger partial charge in [-0.15, -0.1) is 0 Å². The molecule has 134 valence electrons. The van der Waals surface area contributed by atoms with Crippen molar-refractivity contribution < 1.29 is 9.53 Å². The largest absolute Gasteiger partial charge is 0.467 e. The Bertz CT molecular complexity index is 495. The summed E-state index contributed by atoms with van der Waals surface area (Å²) in [5, 5.41) is 5.72. The Morgan fingerprint density at radius 1 is 1.29 bits per heavy atom. The van der Waals surface area contributed by atoms with Gasteiger partial charge in [-0.25, -0.2) is 9.78 Å². The third-order valence-corrected chi connectivity index (χ3v) is 5.61. The molecule has 2 aliphatic rings. The first kappa shape index (κ1) is 17.5. The van der Waals surface area contributed by atoms with E-state index in [-0.39, 0.29) is 6.03 Å². The van der Waals surface area contributed by atoms with Crippen molar-refractivity contribution in [3.8, 4) is 5.19 Å². The molecule has 0 saturated carbocycles. The van der Waals surface area contributed by atoms with Crippen molar-refractivity contribution in [1.82, 2.24) is 20.1 Å². The number of hydrogen-bond donors (Lipinski definition) is 1. The number of urea groups is 1. The van der Waals surface area contributed by atoms with Crippen LogP contribution in [-0.2, 0) is 0 Å². The summed E-state index contributed by atoms with van der Waals surface area (Å²) < 4.78 is 5.94. The van der Waals surface area contributed by atoms with Crippen LogP contribution >= 0.6 is 11.3 Å². The molecule has 2 amide bonds. The molecule has 0 spiro atoms. The molecule has 0 atom stereocenters. The molecule has 2 saturated heterocycles. The summed E-state index contributed by atoms with van der Waals surface area (Å²) in [6, 6.07) is 0.715. The fourth-order valence-corrected chi connectivity index (χ4v) is 4.10. The molecular formula is C17H28N4O2S. The lowest BCUT2D eigenvalue weighted by atomic mass is 9.99. The minimum Gasteiger partial charge on any atom is -0.467 e. The zero-order valence-corrected chi connectivity index (χ0v) is 15.3. The van der Waals surface area contributed by atoms with Crippen LogP contribution in [0, 0.1) is 0 Å². The van der Waals surface area contributed by atoms with Gasteiger partial charge in [-0.2, -0.15) is 0 Å². The summed E-state index contributed by atoms with van der Waals surface area (Å²) in [6.45, 7) is 6.76. The van der Waals surface area contributed by atoms with Gasteiger partial charge < -0.3 is 15.0 Å². The van der Waals surface area contributed by atoms with Crippen LogP contribution in [0.5, 0.6) is 5.19 Å². The highest BCUT2D eigenvalue weighted by molar-refractivity contribution is 7.11. The van der Waals surface area contributed by atoms with Gasteiger partial charge in [0, 0.05) is 50.3 Å². The lowest BCUT2D eigenvalue weighted by Crippen LogP contribution is -2.51. The van der Waals surface area contributed by atoms with Crippen molar-refractivity contribution in [2.45, 2.75) is 51.2 Å². The van der Waals surface area contributed by atoms with E-state index in [1.807, 2.05) is 10.3 Å². The molecule has 2 fully saturated rings. The molecule has 0 aromatic carbocycles. The second-order valence-corrected chi connectivity index (χ2v) is 7.46. The average Bonchev–Trinajstić information content (AvgIpc) is 3.13. The van der Waals surface area contributed by atoms with Crippen LogP contribution in [0.3, 0.4) is 0 Å². The normalized spacial score (nSPS) is 21.0. The molecule has 1 N–H and O–H groups in total. The highest BCUT2D eigenvalue weighted by Gasteiger charge is 2.30. The van der Waals surface area contributed by atoms with E-state index in [1.54, 1.807) is 17.5 Å². The maximum atomic E-state index is 12.0. The minimum absolute atomic E-state index is 0.103. The van der Waals surface area contributed by atoms with Gasteiger partial charge in [0.05, 0.1) is 0 Å². The number of rotatable bonds is 5. The van der Waals surface area contributed by atoms with Gasteiger partial charge in [-0.05, 0) is 32.1 Å². The maximum absolute atomic E-state index is 12.0. The van der Waals surface area contributed by atoms with Crippen molar-refractivity contribution in [3.05, 3.63) is 11.6 Å². The molecule has 2 aliphatic heterocycles. The standard InChI is InChI=1S/C17H28N4O2S/c1-2-7-18-16(22)21-9-3-14(4-10-21)20-11-5-15(6-12-20)23-17-19-8-13-24-17/h8,13-15H,2-7,9-12H2,1H3,(H,18,22). The Morgan fingerprint density at radius 3 is 2.67 bits per heavy atom. The molecule has 3 heterocycles. The lowest BCUT2D eigenvalue weighted by molar-refractivity contribution is 0.0535. The fraction of sp³-hybridized carbons (Fsp3) is 0.765. The molecule has 0 unspecified atom stereocenters. The van der Waals surface area contributed by atoms with Crippen LogP contribution in [-0.4, -0.2) is 65.7 Å². The summed E-state index contributed by atoms with van der Waals surface area (Å²) in [7, 11) is 0. The second-order valence-electron chi connectivity index (χ2n) is 6.60. The van der Waals surface area contributed by atoms with E-state index in [1.165, 1.54) is 0 Å². The number of thiazole rings is 1. The van der Waals surface area contributed by atoms with E-state index in [4.69, 9.17) is 4.74 Å². The SMILES string of the molecule is CCCNC(=O)N1CCC(N2CCC(Oc3nccs3)CC2)CC1. The Balaban J connectivity index is 1.38. The topological polar surface area (TPSA) is 57.7 Å². The number of nitrogens with one attached hydrogen (secondary N) is 1. The number of carbonyl (C=O) groups excluding carboxylic acids is 1. The minimum atomic E-state index is 0.103. The summed E-state index contributed by atoms with van der Waals surface area (Å²) in [6.07, 6.45) is 7.37. The van der Waals surface area contributed by atoms with Gasteiger partial charge in [0.15, 0.2) is 0 Å². The van der Waals surface area contributed by atoms with Gasteiger partial charge in [0.25, 0.3) is 5.19 Å². The Morgan fingerprint density at radius 2 is 2.04 bits per heavy atom. The van der Waals surface area contributed by atoms with Gasteiger partial charge in [-0.3, -0.25) is 4.90 Å². The number of ether oxygens (including phenoxy) is 1. The molecule has 1 aromatic rings. The van der Waals surface area contributed by atoms with E-state index in [0.29, 0.717) is 12.1 Å². The number of carbonyl (C=O) groups is 1. The average molecular weight is 353 g/mol. The number of nitrogens with zero attached hydrogens (tertiary/aromatic N) is 3. The lowest BCUT2D eigenvalue weighted by Gasteiger charge is -2.41. The molecular weight excluding hydrogens is 324 g/mol. The van der Waals surface area contributed by atoms with Crippen molar-refractivity contribution >= 4 is 17.4 Å². The molecule has 24 heavy (non-hydrogen) atoms. The molecule has 0 bridgehead atoms. The van der Waals surface area contributed by atoms with E-state index >= 15 is 0 Å². The van der Waals surface area contributed by atoms with Gasteiger partial charge in [0.1, 0.15) is 6.10 Å². The molecule has 7 heteroatoms. The Kier molecular flexibility index (Phi) is 6.31. The molecule has 3 rings (SSSR count). The molecule has 0 aliphatic carbocycles. The van der Waals surface area contributed by atoms with Crippen molar-refractivity contribution in [2.24, 2.45) is 0 Å². The first-order chi connectivity index (χ1) is 11.8. The molecule has 1 aromatic heterocycles. The molecule has 6 nitrogen and oxygen atoms in total. The highest BCUT2D eigenvalue weighted by Crippen LogP contribution is 2.24. The number of hydrogen-bond acceptors (Lipinski definition) is 5. The van der Waals surface area contributed by atoms with Crippen LogP contribution in [0.25, 0.3) is 0 Å². The zero-order valence-electron chi connectivity index (χ0n) is 14.4. The highest BCUT2D eigenvalue weighted by atomic mass is 32.1. The summed E-state index contributed by atoms with van der Waals surface area (Å²) in [4.78, 5) is 20.8. The fourth-order valence-electron chi connectivity index (χ4n) is 3.55. The predicted octanol–water partition coefficient (Wildman–Crippen LogP) is 2.57. The zero-order chi connectivity index (χ0) is 16.8. The van der Waals surface area contributed by atoms with E-state index < -0.39 is 0 Å². The quantitative estimate of drug-likeness (QED) is 0.885. The number of piperidine rings is 2. The predicted molar refractivity (Wildman–Crippen MR) is 95.6 cm³/mol. The van der Waals surface area contributed by atoms with Crippen LogP contribution < -0.4 is 10.1 Å². The number of amides is 2. The maximum Gasteiger partial charge on any atom is 0.317 e. The number of likely N-dealkylation sites (tertiary alicyclic amines) is 2. The number of aromatic nitrogens is 1. The van der Waals surface area contributed by atoms with Crippen molar-refractivity contribution in [3.63, 3.8) is 0 Å². The molecule has 0 radical (unpaired) electrons. The third-order valence-electron chi connectivity index (χ3n) is 4.95. The van der Waals surface area contributed by atoms with E-state index in [0.717, 1.165) is 70.0 Å². The monoisotopic (exact) mass is 352 g/mol. The van der Waals surface area contributed by atoms with Gasteiger partial charge in [0.2, 0.25) is 0 Å². The summed E-state index contributed by atoms with van der Waals surface area (Å²) in [5.74, 6) is 0. The third kappa shape index (κ3) is 4.60. The summed E-state index contributed by atoms with van der Waals surface area (Å²) >= 11 is 1.56. The summed E-state index contributed by atoms with van der Waals surface area (Å²) in [5.41, 5.74) is 0. The Hall–Kier alpha value is -1.34. The van der Waals surface area contributed by atoms with E-state index in [2.05, 4.69) is 22.1 Å². The van der Waals surface area contributed by atoms with Crippen LogP contribution in [0.1, 0.15) is 39.0 Å². The first-order valence-corrected chi connectivity index (χ1v) is 9.97. The Labute approximate surface area is 148 Å². The smallest absolute Gasteiger partial charge is 0.317 e. The van der Waals surface area contributed by atoms with Gasteiger partial charge in [-0.1, -0.05) is 18.3 Å². The van der Waals surface area contributed by atoms with Crippen LogP contribution in [0.4, 0.5) is 4.79 Å². The second kappa shape index (κ2) is 8.67. The van der Waals surface area contributed by atoms with Crippen molar-refractivity contribution in [2.75, 3.05) is 32.7 Å². The van der Waals surface area contributed by atoms with Crippen molar-refractivity contribution in [1.29, 1.82) is 0 Å². The van der Waals surface area contributed by atoms with Crippen LogP contribution in [0.2, 0.25) is 0 Å². The van der Waals surface area contributed by atoms with Crippen LogP contribution in [0.15, 0.2) is 11.6 Å². The first-order valence-electron chi connectivity index (χ1n) is 9.09. The van der Waals surface area contributed by atoms with E-state index in [9.17, 15) is 4.79 Å².